The van der Waals surface area contributed by atoms with Crippen LogP contribution in [0.5, 0.6) is 17.2 Å². The van der Waals surface area contributed by atoms with Gasteiger partial charge in [-0.15, -0.1) is 0 Å². The van der Waals surface area contributed by atoms with Gasteiger partial charge in [-0.1, -0.05) is 35.9 Å². The van der Waals surface area contributed by atoms with Crippen molar-refractivity contribution in [3.8, 4) is 17.2 Å². The summed E-state index contributed by atoms with van der Waals surface area (Å²) in [5.74, 6) is 1.43. The van der Waals surface area contributed by atoms with Crippen LogP contribution >= 0.6 is 34.2 Å². The molecule has 0 unspecified atom stereocenters. The Hall–Kier alpha value is -2.78. The van der Waals surface area contributed by atoms with Gasteiger partial charge in [-0.2, -0.15) is 5.10 Å². The third-order valence-corrected chi connectivity index (χ3v) is 5.46. The van der Waals surface area contributed by atoms with Gasteiger partial charge in [0, 0.05) is 16.1 Å². The molecule has 3 aromatic carbocycles. The average Bonchev–Trinajstić information content (AvgIpc) is 2.79. The van der Waals surface area contributed by atoms with Gasteiger partial charge in [0.05, 0.1) is 24.0 Å². The molecule has 3 aromatic rings. The van der Waals surface area contributed by atoms with Gasteiger partial charge in [0.1, 0.15) is 12.4 Å². The minimum atomic E-state index is -0.337. The first-order valence-corrected chi connectivity index (χ1v) is 10.7. The van der Waals surface area contributed by atoms with Gasteiger partial charge in [-0.3, -0.25) is 4.79 Å². The molecular formula is C23H20ClIN2O4. The maximum Gasteiger partial charge on any atom is 0.271 e. The van der Waals surface area contributed by atoms with Crippen LogP contribution in [0.2, 0.25) is 5.02 Å². The SMILES string of the molecule is COc1cccc(C(=O)N/N=C/c2cc(I)c(OCc3ccccc3Cl)c(OC)c2)c1. The molecule has 1 amide bonds. The lowest BCUT2D eigenvalue weighted by atomic mass is 10.2. The van der Waals surface area contributed by atoms with E-state index < -0.39 is 0 Å². The van der Waals surface area contributed by atoms with Crippen molar-refractivity contribution in [3.05, 3.63) is 85.9 Å². The normalized spacial score (nSPS) is 10.7. The molecule has 0 fully saturated rings. The summed E-state index contributed by atoms with van der Waals surface area (Å²) >= 11 is 8.37. The summed E-state index contributed by atoms with van der Waals surface area (Å²) in [5.41, 5.74) is 4.59. The molecule has 3 rings (SSSR count). The summed E-state index contributed by atoms with van der Waals surface area (Å²) in [6, 6.07) is 18.0. The molecule has 0 aliphatic rings. The first-order chi connectivity index (χ1) is 15.0. The van der Waals surface area contributed by atoms with Gasteiger partial charge in [-0.25, -0.2) is 5.43 Å². The van der Waals surface area contributed by atoms with Crippen molar-refractivity contribution in [1.82, 2.24) is 5.43 Å². The first-order valence-electron chi connectivity index (χ1n) is 9.23. The Kier molecular flexibility index (Phi) is 8.13. The van der Waals surface area contributed by atoms with E-state index in [9.17, 15) is 4.79 Å². The zero-order chi connectivity index (χ0) is 22.2. The van der Waals surface area contributed by atoms with Crippen molar-refractivity contribution in [2.24, 2.45) is 5.10 Å². The molecule has 0 aromatic heterocycles. The number of benzene rings is 3. The Balaban J connectivity index is 1.70. The van der Waals surface area contributed by atoms with Crippen molar-refractivity contribution in [2.45, 2.75) is 6.61 Å². The fourth-order valence-corrected chi connectivity index (χ4v) is 3.69. The largest absolute Gasteiger partial charge is 0.497 e. The summed E-state index contributed by atoms with van der Waals surface area (Å²) in [7, 11) is 3.12. The Labute approximate surface area is 199 Å². The number of hydrogen-bond donors (Lipinski definition) is 1. The van der Waals surface area contributed by atoms with Gasteiger partial charge in [0.15, 0.2) is 11.5 Å². The first kappa shape index (κ1) is 22.9. The second-order valence-electron chi connectivity index (χ2n) is 6.35. The lowest BCUT2D eigenvalue weighted by Crippen LogP contribution is -2.17. The lowest BCUT2D eigenvalue weighted by Gasteiger charge is -2.14. The van der Waals surface area contributed by atoms with E-state index in [-0.39, 0.29) is 5.91 Å². The molecule has 0 spiro atoms. The van der Waals surface area contributed by atoms with Crippen LogP contribution in [0.1, 0.15) is 21.5 Å². The molecule has 1 N–H and O–H groups in total. The van der Waals surface area contributed by atoms with Crippen LogP contribution in [0.4, 0.5) is 0 Å². The van der Waals surface area contributed by atoms with E-state index in [1.54, 1.807) is 50.8 Å². The maximum atomic E-state index is 12.3. The van der Waals surface area contributed by atoms with Crippen molar-refractivity contribution in [1.29, 1.82) is 0 Å². The van der Waals surface area contributed by atoms with Gasteiger partial charge < -0.3 is 14.2 Å². The molecule has 0 aliphatic heterocycles. The molecular weight excluding hydrogens is 531 g/mol. The number of hydrogen-bond acceptors (Lipinski definition) is 5. The monoisotopic (exact) mass is 550 g/mol. The molecule has 160 valence electrons. The van der Waals surface area contributed by atoms with Crippen molar-refractivity contribution >= 4 is 46.3 Å². The second-order valence-corrected chi connectivity index (χ2v) is 7.91. The number of nitrogens with one attached hydrogen (secondary N) is 1. The number of methoxy groups -OCH3 is 2. The molecule has 0 saturated heterocycles. The lowest BCUT2D eigenvalue weighted by molar-refractivity contribution is 0.0955. The number of hydrazone groups is 1. The van der Waals surface area contributed by atoms with E-state index in [0.717, 1.165) is 14.7 Å². The molecule has 0 saturated carbocycles. The number of rotatable bonds is 8. The Morgan fingerprint density at radius 1 is 1.10 bits per heavy atom. The molecule has 31 heavy (non-hydrogen) atoms. The van der Waals surface area contributed by atoms with E-state index >= 15 is 0 Å². The average molecular weight is 551 g/mol. The number of ether oxygens (including phenoxy) is 3. The summed E-state index contributed by atoms with van der Waals surface area (Å²) in [6.45, 7) is 0.316. The van der Waals surface area contributed by atoms with Crippen LogP contribution in [-0.4, -0.2) is 26.3 Å². The van der Waals surface area contributed by atoms with Gasteiger partial charge in [0.2, 0.25) is 0 Å². The highest BCUT2D eigenvalue weighted by molar-refractivity contribution is 14.1. The third-order valence-electron chi connectivity index (χ3n) is 4.29. The summed E-state index contributed by atoms with van der Waals surface area (Å²) < 4.78 is 17.4. The predicted octanol–water partition coefficient (Wildman–Crippen LogP) is 5.30. The van der Waals surface area contributed by atoms with Crippen LogP contribution in [0.3, 0.4) is 0 Å². The quantitative estimate of drug-likeness (QED) is 0.235. The Morgan fingerprint density at radius 2 is 1.90 bits per heavy atom. The number of nitrogens with zero attached hydrogens (tertiary/aromatic N) is 1. The highest BCUT2D eigenvalue weighted by Crippen LogP contribution is 2.34. The van der Waals surface area contributed by atoms with E-state index in [4.69, 9.17) is 25.8 Å². The zero-order valence-corrected chi connectivity index (χ0v) is 19.8. The number of halogens is 2. The van der Waals surface area contributed by atoms with Crippen LogP contribution in [0.25, 0.3) is 0 Å². The second kappa shape index (κ2) is 11.0. The minimum absolute atomic E-state index is 0.316. The van der Waals surface area contributed by atoms with Crippen LogP contribution in [-0.2, 0) is 6.61 Å². The van der Waals surface area contributed by atoms with Gasteiger partial charge in [-0.05, 0) is 64.6 Å². The van der Waals surface area contributed by atoms with E-state index in [1.165, 1.54) is 0 Å². The van der Waals surface area contributed by atoms with Crippen molar-refractivity contribution < 1.29 is 19.0 Å². The summed E-state index contributed by atoms with van der Waals surface area (Å²) in [6.07, 6.45) is 1.54. The molecule has 6 nitrogen and oxygen atoms in total. The smallest absolute Gasteiger partial charge is 0.271 e. The van der Waals surface area contributed by atoms with Gasteiger partial charge in [0.25, 0.3) is 5.91 Å². The standard InChI is InChI=1S/C23H20ClIN2O4/c1-29-18-8-5-7-16(12-18)23(28)27-26-13-15-10-20(25)22(21(11-15)30-2)31-14-17-6-3-4-9-19(17)24/h3-13H,14H2,1-2H3,(H,27,28)/b26-13+. The third kappa shape index (κ3) is 6.11. The Morgan fingerprint density at radius 3 is 2.65 bits per heavy atom. The fraction of sp³-hybridized carbons (Fsp3) is 0.130. The number of carbonyl (C=O) groups excluding carboxylic acids is 1. The number of carbonyl (C=O) groups is 1. The maximum absolute atomic E-state index is 12.3. The minimum Gasteiger partial charge on any atom is -0.497 e. The van der Waals surface area contributed by atoms with Crippen molar-refractivity contribution in [2.75, 3.05) is 14.2 Å². The zero-order valence-electron chi connectivity index (χ0n) is 16.9. The molecule has 8 heteroatoms. The van der Waals surface area contributed by atoms with Crippen LogP contribution in [0, 0.1) is 3.57 Å². The molecule has 0 heterocycles. The van der Waals surface area contributed by atoms with Gasteiger partial charge >= 0.3 is 0 Å². The molecule has 0 bridgehead atoms. The number of amides is 1. The van der Waals surface area contributed by atoms with Crippen LogP contribution in [0.15, 0.2) is 65.8 Å². The predicted molar refractivity (Wildman–Crippen MR) is 130 cm³/mol. The topological polar surface area (TPSA) is 69.2 Å². The highest BCUT2D eigenvalue weighted by atomic mass is 127. The summed E-state index contributed by atoms with van der Waals surface area (Å²) in [4.78, 5) is 12.3. The highest BCUT2D eigenvalue weighted by Gasteiger charge is 2.12. The van der Waals surface area contributed by atoms with Crippen molar-refractivity contribution in [3.63, 3.8) is 0 Å². The molecule has 0 atom stereocenters. The Bertz CT molecular complexity index is 1100. The van der Waals surface area contributed by atoms with E-state index in [0.29, 0.717) is 34.4 Å². The van der Waals surface area contributed by atoms with E-state index in [2.05, 4.69) is 33.1 Å². The van der Waals surface area contributed by atoms with E-state index in [1.807, 2.05) is 30.3 Å². The molecule has 0 radical (unpaired) electrons. The summed E-state index contributed by atoms with van der Waals surface area (Å²) in [5, 5.41) is 4.69. The fourth-order valence-electron chi connectivity index (χ4n) is 2.71. The molecule has 0 aliphatic carbocycles. The van der Waals surface area contributed by atoms with Crippen LogP contribution < -0.4 is 19.6 Å².